The first-order valence-electron chi connectivity index (χ1n) is 8.05. The Morgan fingerprint density at radius 1 is 1.39 bits per heavy atom. The summed E-state index contributed by atoms with van der Waals surface area (Å²) >= 11 is 3.44. The number of nitrogens with zero attached hydrogens (tertiary/aromatic N) is 2. The highest BCUT2D eigenvalue weighted by Crippen LogP contribution is 2.26. The van der Waals surface area contributed by atoms with Gasteiger partial charge < -0.3 is 4.90 Å². The number of amides is 1. The molecule has 122 valence electrons. The van der Waals surface area contributed by atoms with Crippen molar-refractivity contribution in [3.05, 3.63) is 46.5 Å². The van der Waals surface area contributed by atoms with Crippen molar-refractivity contribution < 1.29 is 4.79 Å². The number of aryl methyl sites for hydroxylation is 1. The maximum Gasteiger partial charge on any atom is 0.253 e. The molecule has 0 saturated carbocycles. The number of rotatable bonds is 4. The van der Waals surface area contributed by atoms with Gasteiger partial charge >= 0.3 is 0 Å². The summed E-state index contributed by atoms with van der Waals surface area (Å²) < 4.78 is 1.10. The Morgan fingerprint density at radius 3 is 2.83 bits per heavy atom. The SMILES string of the molecule is Cc1csc(SCc2ccc(C(=O)N3CCCC(C)C3)cc2)n1. The molecule has 3 rings (SSSR count). The van der Waals surface area contributed by atoms with Gasteiger partial charge in [0, 0.05) is 35.5 Å². The number of piperidine rings is 1. The van der Waals surface area contributed by atoms with E-state index in [0.29, 0.717) is 5.92 Å². The van der Waals surface area contributed by atoms with E-state index >= 15 is 0 Å². The van der Waals surface area contributed by atoms with Crippen molar-refractivity contribution in [2.75, 3.05) is 13.1 Å². The molecule has 5 heteroatoms. The molecule has 1 unspecified atom stereocenters. The molecule has 1 aromatic heterocycles. The summed E-state index contributed by atoms with van der Waals surface area (Å²) in [7, 11) is 0. The summed E-state index contributed by atoms with van der Waals surface area (Å²) in [5.74, 6) is 1.68. The molecule has 0 radical (unpaired) electrons. The van der Waals surface area contributed by atoms with E-state index in [0.717, 1.165) is 40.9 Å². The van der Waals surface area contributed by atoms with Gasteiger partial charge in [-0.05, 0) is 43.4 Å². The lowest BCUT2D eigenvalue weighted by Crippen LogP contribution is -2.39. The van der Waals surface area contributed by atoms with E-state index in [1.54, 1.807) is 23.1 Å². The lowest BCUT2D eigenvalue weighted by Gasteiger charge is -2.31. The largest absolute Gasteiger partial charge is 0.338 e. The molecule has 23 heavy (non-hydrogen) atoms. The van der Waals surface area contributed by atoms with Crippen LogP contribution in [0.5, 0.6) is 0 Å². The Balaban J connectivity index is 1.59. The van der Waals surface area contributed by atoms with Gasteiger partial charge in [-0.1, -0.05) is 30.8 Å². The van der Waals surface area contributed by atoms with Gasteiger partial charge in [0.2, 0.25) is 0 Å². The second-order valence-corrected chi connectivity index (χ2v) is 8.32. The van der Waals surface area contributed by atoms with E-state index in [2.05, 4.69) is 29.4 Å². The molecular weight excluding hydrogens is 324 g/mol. The third-order valence-electron chi connectivity index (χ3n) is 4.11. The van der Waals surface area contributed by atoms with E-state index in [-0.39, 0.29) is 5.91 Å². The molecule has 1 saturated heterocycles. The quantitative estimate of drug-likeness (QED) is 0.758. The van der Waals surface area contributed by atoms with Crippen molar-refractivity contribution in [3.63, 3.8) is 0 Å². The number of thioether (sulfide) groups is 1. The second-order valence-electron chi connectivity index (χ2n) is 6.24. The molecule has 1 aliphatic heterocycles. The van der Waals surface area contributed by atoms with Crippen LogP contribution in [-0.4, -0.2) is 28.9 Å². The van der Waals surface area contributed by atoms with Crippen LogP contribution in [0.1, 0.15) is 41.4 Å². The Morgan fingerprint density at radius 2 is 2.17 bits per heavy atom. The third kappa shape index (κ3) is 4.36. The smallest absolute Gasteiger partial charge is 0.253 e. The average molecular weight is 347 g/mol. The number of hydrogen-bond acceptors (Lipinski definition) is 4. The average Bonchev–Trinajstić information content (AvgIpc) is 2.98. The summed E-state index contributed by atoms with van der Waals surface area (Å²) in [6.07, 6.45) is 2.35. The van der Waals surface area contributed by atoms with Crippen LogP contribution in [0.15, 0.2) is 34.0 Å². The predicted octanol–water partition coefficient (Wildman–Crippen LogP) is 4.62. The number of carbonyl (C=O) groups excluding carboxylic acids is 1. The van der Waals surface area contributed by atoms with Crippen LogP contribution in [0, 0.1) is 12.8 Å². The molecule has 2 aromatic rings. The van der Waals surface area contributed by atoms with Crippen molar-refractivity contribution in [1.29, 1.82) is 0 Å². The van der Waals surface area contributed by atoms with E-state index in [1.807, 2.05) is 24.0 Å². The van der Waals surface area contributed by atoms with Gasteiger partial charge in [-0.3, -0.25) is 4.79 Å². The monoisotopic (exact) mass is 346 g/mol. The van der Waals surface area contributed by atoms with E-state index in [1.165, 1.54) is 12.0 Å². The molecule has 1 aromatic carbocycles. The minimum atomic E-state index is 0.173. The first-order valence-corrected chi connectivity index (χ1v) is 9.91. The molecule has 1 aliphatic rings. The molecule has 0 aliphatic carbocycles. The Hall–Kier alpha value is -1.33. The number of carbonyl (C=O) groups is 1. The summed E-state index contributed by atoms with van der Waals surface area (Å²) in [6, 6.07) is 8.05. The van der Waals surface area contributed by atoms with Gasteiger partial charge in [0.05, 0.1) is 0 Å². The molecule has 3 nitrogen and oxygen atoms in total. The van der Waals surface area contributed by atoms with Gasteiger partial charge in [0.1, 0.15) is 4.34 Å². The van der Waals surface area contributed by atoms with Crippen molar-refractivity contribution >= 4 is 29.0 Å². The normalized spacial score (nSPS) is 18.2. The summed E-state index contributed by atoms with van der Waals surface area (Å²) in [4.78, 5) is 19.0. The highest BCUT2D eigenvalue weighted by molar-refractivity contribution is 8.00. The fraction of sp³-hybridized carbons (Fsp3) is 0.444. The lowest BCUT2D eigenvalue weighted by molar-refractivity contribution is 0.0683. The van der Waals surface area contributed by atoms with Gasteiger partial charge in [0.25, 0.3) is 5.91 Å². The fourth-order valence-electron chi connectivity index (χ4n) is 2.84. The number of benzene rings is 1. The Labute approximate surface area is 146 Å². The van der Waals surface area contributed by atoms with E-state index in [4.69, 9.17) is 0 Å². The first kappa shape index (κ1) is 16.5. The van der Waals surface area contributed by atoms with Crippen LogP contribution >= 0.6 is 23.1 Å². The van der Waals surface area contributed by atoms with E-state index < -0.39 is 0 Å². The van der Waals surface area contributed by atoms with Crippen LogP contribution < -0.4 is 0 Å². The lowest BCUT2D eigenvalue weighted by atomic mass is 9.99. The van der Waals surface area contributed by atoms with Crippen LogP contribution in [0.3, 0.4) is 0 Å². The maximum atomic E-state index is 12.6. The van der Waals surface area contributed by atoms with Crippen molar-refractivity contribution in [2.45, 2.75) is 36.8 Å². The third-order valence-corrected chi connectivity index (χ3v) is 6.32. The van der Waals surface area contributed by atoms with Gasteiger partial charge in [-0.15, -0.1) is 11.3 Å². The maximum absolute atomic E-state index is 12.6. The van der Waals surface area contributed by atoms with Gasteiger partial charge in [0.15, 0.2) is 0 Å². The Kier molecular flexibility index (Phi) is 5.38. The fourth-order valence-corrected chi connectivity index (χ4v) is 4.65. The van der Waals surface area contributed by atoms with E-state index in [9.17, 15) is 4.79 Å². The van der Waals surface area contributed by atoms with Crippen LogP contribution in [0.25, 0.3) is 0 Å². The number of likely N-dealkylation sites (tertiary alicyclic amines) is 1. The zero-order valence-electron chi connectivity index (χ0n) is 13.6. The molecule has 1 atom stereocenters. The number of hydrogen-bond donors (Lipinski definition) is 0. The topological polar surface area (TPSA) is 33.2 Å². The number of aromatic nitrogens is 1. The van der Waals surface area contributed by atoms with Gasteiger partial charge in [-0.25, -0.2) is 4.98 Å². The first-order chi connectivity index (χ1) is 11.1. The highest BCUT2D eigenvalue weighted by Gasteiger charge is 2.21. The Bertz CT molecular complexity index is 666. The predicted molar refractivity (Wildman–Crippen MR) is 97.2 cm³/mol. The van der Waals surface area contributed by atoms with Crippen molar-refractivity contribution in [2.24, 2.45) is 5.92 Å². The minimum absolute atomic E-state index is 0.173. The summed E-state index contributed by atoms with van der Waals surface area (Å²) in [5.41, 5.74) is 3.11. The standard InChI is InChI=1S/C18H22N2OS2/c1-13-4-3-9-20(10-13)17(21)16-7-5-15(6-8-16)12-23-18-19-14(2)11-22-18/h5-8,11,13H,3-4,9-10,12H2,1-2H3. The van der Waals surface area contributed by atoms with Crippen molar-refractivity contribution in [1.82, 2.24) is 9.88 Å². The highest BCUT2D eigenvalue weighted by atomic mass is 32.2. The molecule has 1 amide bonds. The summed E-state index contributed by atoms with van der Waals surface area (Å²) in [6.45, 7) is 6.02. The molecule has 0 spiro atoms. The van der Waals surface area contributed by atoms with Crippen LogP contribution in [0.4, 0.5) is 0 Å². The summed E-state index contributed by atoms with van der Waals surface area (Å²) in [5, 5.41) is 2.07. The molecule has 0 bridgehead atoms. The molecule has 1 fully saturated rings. The molecule has 2 heterocycles. The minimum Gasteiger partial charge on any atom is -0.338 e. The van der Waals surface area contributed by atoms with Crippen LogP contribution in [0.2, 0.25) is 0 Å². The zero-order valence-corrected chi connectivity index (χ0v) is 15.3. The molecular formula is C18H22N2OS2. The molecule has 0 N–H and O–H groups in total. The second kappa shape index (κ2) is 7.49. The van der Waals surface area contributed by atoms with Gasteiger partial charge in [-0.2, -0.15) is 0 Å². The van der Waals surface area contributed by atoms with Crippen molar-refractivity contribution in [3.8, 4) is 0 Å². The van der Waals surface area contributed by atoms with Crippen LogP contribution in [-0.2, 0) is 5.75 Å². The zero-order chi connectivity index (χ0) is 16.2. The number of thiazole rings is 1.